The molecule has 150 valence electrons. The lowest BCUT2D eigenvalue weighted by Gasteiger charge is -2.25. The molecule has 0 spiro atoms. The van der Waals surface area contributed by atoms with Crippen LogP contribution < -0.4 is 16.2 Å². The number of nitrogens with one attached hydrogen (secondary N) is 3. The van der Waals surface area contributed by atoms with Gasteiger partial charge in [0.15, 0.2) is 0 Å². The number of pyridine rings is 1. The molecule has 1 unspecified atom stereocenters. The number of likely N-dealkylation sites (tertiary alicyclic amines) is 1. The van der Waals surface area contributed by atoms with E-state index in [0.29, 0.717) is 23.7 Å². The minimum Gasteiger partial charge on any atom is -0.336 e. The van der Waals surface area contributed by atoms with E-state index >= 15 is 0 Å². The molecule has 2 aromatic carbocycles. The van der Waals surface area contributed by atoms with Gasteiger partial charge in [0.25, 0.3) is 5.56 Å². The molecular formula is C23H26N4O2. The molecule has 4 rings (SSSR count). The number of amides is 2. The highest BCUT2D eigenvalue weighted by Gasteiger charge is 2.24. The zero-order valence-electron chi connectivity index (χ0n) is 16.6. The minimum atomic E-state index is -0.250. The van der Waals surface area contributed by atoms with Crippen molar-refractivity contribution < 1.29 is 4.79 Å². The fourth-order valence-corrected chi connectivity index (χ4v) is 4.09. The lowest BCUT2D eigenvalue weighted by atomic mass is 10.1. The van der Waals surface area contributed by atoms with Gasteiger partial charge in [-0.25, -0.2) is 4.79 Å². The van der Waals surface area contributed by atoms with Crippen molar-refractivity contribution >= 4 is 22.5 Å². The lowest BCUT2D eigenvalue weighted by Crippen LogP contribution is -2.41. The van der Waals surface area contributed by atoms with Crippen molar-refractivity contribution in [2.24, 2.45) is 0 Å². The molecule has 2 amide bonds. The van der Waals surface area contributed by atoms with Crippen molar-refractivity contribution in [2.75, 3.05) is 18.4 Å². The van der Waals surface area contributed by atoms with Crippen LogP contribution in [-0.4, -0.2) is 35.0 Å². The summed E-state index contributed by atoms with van der Waals surface area (Å²) in [5.74, 6) is 0. The number of carbonyl (C=O) groups excluding carboxylic acids is 1. The van der Waals surface area contributed by atoms with E-state index in [0.717, 1.165) is 31.3 Å². The third-order valence-electron chi connectivity index (χ3n) is 5.53. The van der Waals surface area contributed by atoms with Crippen LogP contribution in [0.25, 0.3) is 10.8 Å². The highest BCUT2D eigenvalue weighted by atomic mass is 16.2. The summed E-state index contributed by atoms with van der Waals surface area (Å²) in [4.78, 5) is 29.5. The molecule has 1 aromatic heterocycles. The Morgan fingerprint density at radius 3 is 2.90 bits per heavy atom. The number of aromatic amines is 1. The number of aromatic nitrogens is 1. The molecule has 3 aromatic rings. The SMILES string of the molecule is Cc1cccc(CN2CCCC2CNC(=O)Nc2cccc3c(=O)[nH]ccc23)c1. The smallest absolute Gasteiger partial charge is 0.319 e. The lowest BCUT2D eigenvalue weighted by molar-refractivity contribution is 0.228. The summed E-state index contributed by atoms with van der Waals surface area (Å²) >= 11 is 0. The summed E-state index contributed by atoms with van der Waals surface area (Å²) in [6.45, 7) is 4.66. The van der Waals surface area contributed by atoms with Gasteiger partial charge < -0.3 is 15.6 Å². The molecule has 1 aliphatic heterocycles. The predicted octanol–water partition coefficient (Wildman–Crippen LogP) is 3.62. The fourth-order valence-electron chi connectivity index (χ4n) is 4.09. The number of rotatable bonds is 5. The molecule has 1 fully saturated rings. The molecule has 1 atom stereocenters. The second kappa shape index (κ2) is 8.49. The molecule has 6 heteroatoms. The second-order valence-electron chi connectivity index (χ2n) is 7.66. The molecule has 0 aliphatic carbocycles. The Bertz CT molecular complexity index is 1080. The topological polar surface area (TPSA) is 77.2 Å². The summed E-state index contributed by atoms with van der Waals surface area (Å²) in [6, 6.07) is 15.8. The molecule has 0 saturated carbocycles. The molecule has 1 aliphatic rings. The summed E-state index contributed by atoms with van der Waals surface area (Å²) < 4.78 is 0. The zero-order chi connectivity index (χ0) is 20.2. The van der Waals surface area contributed by atoms with Gasteiger partial charge in [0.2, 0.25) is 0 Å². The number of carbonyl (C=O) groups is 1. The van der Waals surface area contributed by atoms with Gasteiger partial charge in [-0.1, -0.05) is 35.9 Å². The van der Waals surface area contributed by atoms with Crippen LogP contribution in [0.5, 0.6) is 0 Å². The van der Waals surface area contributed by atoms with Crippen molar-refractivity contribution in [3.05, 3.63) is 76.2 Å². The second-order valence-corrected chi connectivity index (χ2v) is 7.66. The third-order valence-corrected chi connectivity index (χ3v) is 5.53. The number of H-pyrrole nitrogens is 1. The van der Waals surface area contributed by atoms with Gasteiger partial charge in [-0.2, -0.15) is 0 Å². The zero-order valence-corrected chi connectivity index (χ0v) is 16.6. The molecule has 29 heavy (non-hydrogen) atoms. The molecule has 0 bridgehead atoms. The fraction of sp³-hybridized carbons (Fsp3) is 0.304. The number of hydrogen-bond acceptors (Lipinski definition) is 3. The van der Waals surface area contributed by atoms with Gasteiger partial charge in [0.1, 0.15) is 0 Å². The maximum atomic E-state index is 12.5. The van der Waals surface area contributed by atoms with Gasteiger partial charge in [0.05, 0.1) is 5.69 Å². The Morgan fingerprint density at radius 2 is 2.03 bits per heavy atom. The highest BCUT2D eigenvalue weighted by Crippen LogP contribution is 2.21. The molecule has 3 N–H and O–H groups in total. The van der Waals surface area contributed by atoms with E-state index in [9.17, 15) is 9.59 Å². The van der Waals surface area contributed by atoms with E-state index in [2.05, 4.69) is 51.7 Å². The van der Waals surface area contributed by atoms with E-state index in [4.69, 9.17) is 0 Å². The van der Waals surface area contributed by atoms with E-state index < -0.39 is 0 Å². The molecular weight excluding hydrogens is 364 g/mol. The van der Waals surface area contributed by atoms with E-state index in [1.807, 2.05) is 0 Å². The van der Waals surface area contributed by atoms with Crippen LogP contribution in [0.4, 0.5) is 10.5 Å². The largest absolute Gasteiger partial charge is 0.336 e. The summed E-state index contributed by atoms with van der Waals surface area (Å²) in [5.41, 5.74) is 3.05. The number of hydrogen-bond donors (Lipinski definition) is 3. The van der Waals surface area contributed by atoms with Crippen molar-refractivity contribution in [3.8, 4) is 0 Å². The number of aryl methyl sites for hydroxylation is 1. The van der Waals surface area contributed by atoms with Crippen LogP contribution in [-0.2, 0) is 6.54 Å². The van der Waals surface area contributed by atoms with Gasteiger partial charge in [0, 0.05) is 36.1 Å². The maximum Gasteiger partial charge on any atom is 0.319 e. The van der Waals surface area contributed by atoms with Crippen LogP contribution in [0.3, 0.4) is 0 Å². The van der Waals surface area contributed by atoms with Gasteiger partial charge >= 0.3 is 6.03 Å². The van der Waals surface area contributed by atoms with E-state index in [1.54, 1.807) is 30.5 Å². The summed E-state index contributed by atoms with van der Waals surface area (Å²) in [6.07, 6.45) is 3.82. The third kappa shape index (κ3) is 4.49. The quantitative estimate of drug-likeness (QED) is 0.623. The standard InChI is InChI=1S/C23H26N4O2/c1-16-5-2-6-17(13-16)15-27-12-4-7-18(27)14-25-23(29)26-21-9-3-8-20-19(21)10-11-24-22(20)28/h2-3,5-6,8-11,13,18H,4,7,12,14-15H2,1H3,(H,24,28)(H2,25,26,29). The van der Waals surface area contributed by atoms with Crippen molar-refractivity contribution in [2.45, 2.75) is 32.4 Å². The summed E-state index contributed by atoms with van der Waals surface area (Å²) in [5, 5.41) is 7.18. The van der Waals surface area contributed by atoms with Crippen LogP contribution in [0.1, 0.15) is 24.0 Å². The van der Waals surface area contributed by atoms with Crippen LogP contribution >= 0.6 is 0 Å². The van der Waals surface area contributed by atoms with Crippen molar-refractivity contribution in [1.82, 2.24) is 15.2 Å². The van der Waals surface area contributed by atoms with E-state index in [1.165, 1.54) is 11.1 Å². The van der Waals surface area contributed by atoms with Gasteiger partial charge in [-0.05, 0) is 50.1 Å². The van der Waals surface area contributed by atoms with Crippen LogP contribution in [0, 0.1) is 6.92 Å². The van der Waals surface area contributed by atoms with Crippen molar-refractivity contribution in [1.29, 1.82) is 0 Å². The molecule has 2 heterocycles. The van der Waals surface area contributed by atoms with Gasteiger partial charge in [-0.3, -0.25) is 9.69 Å². The summed E-state index contributed by atoms with van der Waals surface area (Å²) in [7, 11) is 0. The van der Waals surface area contributed by atoms with Crippen molar-refractivity contribution in [3.63, 3.8) is 0 Å². The maximum absolute atomic E-state index is 12.5. The Kier molecular flexibility index (Phi) is 5.62. The number of fused-ring (bicyclic) bond motifs is 1. The Morgan fingerprint density at radius 1 is 1.17 bits per heavy atom. The van der Waals surface area contributed by atoms with Crippen LogP contribution in [0.2, 0.25) is 0 Å². The number of urea groups is 1. The average Bonchev–Trinajstić information content (AvgIpc) is 3.14. The van der Waals surface area contributed by atoms with E-state index in [-0.39, 0.29) is 11.6 Å². The first-order valence-electron chi connectivity index (χ1n) is 10.0. The first kappa shape index (κ1) is 19.2. The first-order chi connectivity index (χ1) is 14.1. The normalized spacial score (nSPS) is 16.8. The Labute approximate surface area is 169 Å². The molecule has 6 nitrogen and oxygen atoms in total. The van der Waals surface area contributed by atoms with Crippen LogP contribution in [0.15, 0.2) is 59.5 Å². The number of nitrogens with zero attached hydrogens (tertiary/aromatic N) is 1. The molecule has 1 saturated heterocycles. The first-order valence-corrected chi connectivity index (χ1v) is 10.0. The number of benzene rings is 2. The molecule has 0 radical (unpaired) electrons. The number of anilines is 1. The minimum absolute atomic E-state index is 0.163. The Balaban J connectivity index is 1.37. The van der Waals surface area contributed by atoms with Gasteiger partial charge in [-0.15, -0.1) is 0 Å². The Hall–Kier alpha value is -3.12. The highest BCUT2D eigenvalue weighted by molar-refractivity contribution is 6.01. The predicted molar refractivity (Wildman–Crippen MR) is 116 cm³/mol. The monoisotopic (exact) mass is 390 g/mol. The average molecular weight is 390 g/mol.